The summed E-state index contributed by atoms with van der Waals surface area (Å²) in [5.74, 6) is -0.282. The maximum Gasteiger partial charge on any atom is 1.00 e. The van der Waals surface area contributed by atoms with E-state index in [1.165, 1.54) is 0 Å². The molecular weight excluding hydrogens is 213 g/mol. The Kier molecular flexibility index (Phi) is 11.3. The molecule has 14 heavy (non-hydrogen) atoms. The molecule has 0 rings (SSSR count). The van der Waals surface area contributed by atoms with Gasteiger partial charge in [-0.25, -0.2) is 8.42 Å². The van der Waals surface area contributed by atoms with Gasteiger partial charge in [0.1, 0.15) is 0 Å². The van der Waals surface area contributed by atoms with Gasteiger partial charge in [-0.15, -0.1) is 0 Å². The van der Waals surface area contributed by atoms with E-state index in [9.17, 15) is 13.0 Å². The summed E-state index contributed by atoms with van der Waals surface area (Å²) < 4.78 is 30.9. The molecule has 0 aliphatic rings. The average Bonchev–Trinajstić information content (AvgIpc) is 2.00. The molecule has 6 heteroatoms. The fourth-order valence-electron chi connectivity index (χ4n) is 1.01. The van der Waals surface area contributed by atoms with E-state index in [2.05, 4.69) is 6.92 Å². The monoisotopic (exact) mass is 231 g/mol. The number of rotatable bonds is 7. The summed E-state index contributed by atoms with van der Waals surface area (Å²) in [6.07, 6.45) is 3.36. The van der Waals surface area contributed by atoms with Crippen molar-refractivity contribution < 1.29 is 42.5 Å². The summed E-state index contributed by atoms with van der Waals surface area (Å²) in [4.78, 5) is 1.88. The second kappa shape index (κ2) is 9.12. The van der Waals surface area contributed by atoms with Crippen LogP contribution in [-0.4, -0.2) is 43.8 Å². The SMILES string of the molecule is CCCCCN(C)CCS(=O)(=O)[O-].[Na+]. The zero-order valence-corrected chi connectivity index (χ0v) is 12.1. The Morgan fingerprint density at radius 3 is 2.21 bits per heavy atom. The molecule has 0 aliphatic heterocycles. The van der Waals surface area contributed by atoms with E-state index in [0.717, 1.165) is 25.8 Å². The molecule has 4 nitrogen and oxygen atoms in total. The van der Waals surface area contributed by atoms with Gasteiger partial charge in [0.25, 0.3) is 0 Å². The molecule has 0 aromatic carbocycles. The third kappa shape index (κ3) is 12.9. The summed E-state index contributed by atoms with van der Waals surface area (Å²) >= 11 is 0. The van der Waals surface area contributed by atoms with Crippen LogP contribution in [0.5, 0.6) is 0 Å². The maximum absolute atomic E-state index is 10.3. The standard InChI is InChI=1S/C8H19NO3S.Na/c1-3-4-5-6-9(2)7-8-13(10,11)12;/h3-8H2,1-2H3,(H,10,11,12);/q;+1/p-1. The zero-order valence-electron chi connectivity index (χ0n) is 9.32. The Balaban J connectivity index is 0. The molecule has 0 saturated carbocycles. The smallest absolute Gasteiger partial charge is 0.748 e. The molecule has 0 aromatic heterocycles. The minimum atomic E-state index is -4.04. The molecule has 0 aliphatic carbocycles. The van der Waals surface area contributed by atoms with Gasteiger partial charge >= 0.3 is 29.6 Å². The number of unbranched alkanes of at least 4 members (excludes halogenated alkanes) is 2. The van der Waals surface area contributed by atoms with Gasteiger partial charge < -0.3 is 9.45 Å². The van der Waals surface area contributed by atoms with Crippen LogP contribution in [0.2, 0.25) is 0 Å². The largest absolute Gasteiger partial charge is 1.00 e. The molecule has 0 fully saturated rings. The van der Waals surface area contributed by atoms with E-state index < -0.39 is 10.1 Å². The van der Waals surface area contributed by atoms with Crippen LogP contribution in [0.15, 0.2) is 0 Å². The van der Waals surface area contributed by atoms with E-state index in [4.69, 9.17) is 0 Å². The molecule has 0 N–H and O–H groups in total. The second-order valence-electron chi connectivity index (χ2n) is 3.27. The van der Waals surface area contributed by atoms with Gasteiger partial charge in [-0.05, 0) is 20.0 Å². The fraction of sp³-hybridized carbons (Fsp3) is 1.00. The topological polar surface area (TPSA) is 60.4 Å². The Morgan fingerprint density at radius 1 is 1.21 bits per heavy atom. The van der Waals surface area contributed by atoms with Crippen LogP contribution in [-0.2, 0) is 10.1 Å². The first-order valence-corrected chi connectivity index (χ1v) is 6.15. The molecule has 0 atom stereocenters. The van der Waals surface area contributed by atoms with Crippen LogP contribution in [0, 0.1) is 0 Å². The van der Waals surface area contributed by atoms with Gasteiger partial charge in [-0.3, -0.25) is 0 Å². The predicted octanol–water partition coefficient (Wildman–Crippen LogP) is -2.34. The van der Waals surface area contributed by atoms with Gasteiger partial charge in [0.2, 0.25) is 0 Å². The van der Waals surface area contributed by atoms with Crippen molar-refractivity contribution in [2.75, 3.05) is 25.9 Å². The molecule has 0 aromatic rings. The molecule has 0 saturated heterocycles. The fourth-order valence-corrected chi connectivity index (χ4v) is 1.55. The minimum Gasteiger partial charge on any atom is -0.748 e. The number of hydrogen-bond acceptors (Lipinski definition) is 4. The first kappa shape index (κ1) is 17.3. The van der Waals surface area contributed by atoms with Crippen LogP contribution in [0.25, 0.3) is 0 Å². The number of nitrogens with zero attached hydrogens (tertiary/aromatic N) is 1. The Bertz CT molecular complexity index is 219. The van der Waals surface area contributed by atoms with Gasteiger partial charge in [-0.1, -0.05) is 19.8 Å². The molecule has 0 spiro atoms. The molecule has 0 radical (unpaired) electrons. The Labute approximate surface area is 109 Å². The third-order valence-electron chi connectivity index (χ3n) is 1.87. The van der Waals surface area contributed by atoms with Crippen molar-refractivity contribution in [3.05, 3.63) is 0 Å². The predicted molar refractivity (Wildman–Crippen MR) is 51.6 cm³/mol. The van der Waals surface area contributed by atoms with Crippen molar-refractivity contribution in [1.82, 2.24) is 4.90 Å². The summed E-state index contributed by atoms with van der Waals surface area (Å²) in [6, 6.07) is 0. The third-order valence-corrected chi connectivity index (χ3v) is 2.55. The normalized spacial score (nSPS) is 11.4. The summed E-state index contributed by atoms with van der Waals surface area (Å²) in [5, 5.41) is 0. The van der Waals surface area contributed by atoms with E-state index in [1.807, 2.05) is 11.9 Å². The molecular formula is C8H18NNaO3S. The summed E-state index contributed by atoms with van der Waals surface area (Å²) in [5.41, 5.74) is 0. The Hall–Kier alpha value is 0.870. The summed E-state index contributed by atoms with van der Waals surface area (Å²) in [7, 11) is -2.21. The van der Waals surface area contributed by atoms with Crippen LogP contribution in [0.1, 0.15) is 26.2 Å². The second-order valence-corrected chi connectivity index (χ2v) is 4.80. The molecule has 0 bridgehead atoms. The van der Waals surface area contributed by atoms with Crippen molar-refractivity contribution in [3.8, 4) is 0 Å². The first-order valence-electron chi connectivity index (χ1n) is 4.58. The van der Waals surface area contributed by atoms with E-state index >= 15 is 0 Å². The minimum absolute atomic E-state index is 0. The van der Waals surface area contributed by atoms with Crippen LogP contribution in [0.4, 0.5) is 0 Å². The Morgan fingerprint density at radius 2 is 1.79 bits per heavy atom. The van der Waals surface area contributed by atoms with Crippen LogP contribution >= 0.6 is 0 Å². The van der Waals surface area contributed by atoms with Gasteiger partial charge in [0.15, 0.2) is 0 Å². The molecule has 0 unspecified atom stereocenters. The van der Waals surface area contributed by atoms with Crippen molar-refractivity contribution in [3.63, 3.8) is 0 Å². The van der Waals surface area contributed by atoms with Crippen molar-refractivity contribution >= 4 is 10.1 Å². The van der Waals surface area contributed by atoms with Crippen molar-refractivity contribution in [2.45, 2.75) is 26.2 Å². The molecule has 80 valence electrons. The van der Waals surface area contributed by atoms with E-state index in [1.54, 1.807) is 0 Å². The first-order chi connectivity index (χ1) is 5.95. The van der Waals surface area contributed by atoms with Crippen LogP contribution < -0.4 is 29.6 Å². The van der Waals surface area contributed by atoms with Crippen LogP contribution in [0.3, 0.4) is 0 Å². The zero-order chi connectivity index (χ0) is 10.3. The maximum atomic E-state index is 10.3. The molecule has 0 heterocycles. The van der Waals surface area contributed by atoms with Gasteiger partial charge in [0, 0.05) is 6.54 Å². The molecule has 0 amide bonds. The average molecular weight is 231 g/mol. The summed E-state index contributed by atoms with van der Waals surface area (Å²) in [6.45, 7) is 3.32. The quantitative estimate of drug-likeness (QED) is 0.280. The number of hydrogen-bond donors (Lipinski definition) is 0. The van der Waals surface area contributed by atoms with Crippen molar-refractivity contribution in [1.29, 1.82) is 0 Å². The van der Waals surface area contributed by atoms with E-state index in [0.29, 0.717) is 6.54 Å². The van der Waals surface area contributed by atoms with E-state index in [-0.39, 0.29) is 35.3 Å². The van der Waals surface area contributed by atoms with Gasteiger partial charge in [-0.2, -0.15) is 0 Å². The van der Waals surface area contributed by atoms with Crippen molar-refractivity contribution in [2.24, 2.45) is 0 Å². The van der Waals surface area contributed by atoms with Gasteiger partial charge in [0.05, 0.1) is 15.9 Å².